The molecule has 176 valence electrons. The molecule has 3 heterocycles. The van der Waals surface area contributed by atoms with E-state index in [4.69, 9.17) is 4.74 Å². The number of nitrogens with zero attached hydrogens (tertiary/aromatic N) is 4. The molecule has 2 aliphatic rings. The van der Waals surface area contributed by atoms with Gasteiger partial charge in [-0.2, -0.15) is 0 Å². The van der Waals surface area contributed by atoms with Gasteiger partial charge in [-0.3, -0.25) is 4.79 Å². The molecule has 7 nitrogen and oxygen atoms in total. The second kappa shape index (κ2) is 10.2. The number of morpholine rings is 1. The van der Waals surface area contributed by atoms with Gasteiger partial charge in [0.15, 0.2) is 5.82 Å². The number of hydrogen-bond acceptors (Lipinski definition) is 6. The third-order valence-electron chi connectivity index (χ3n) is 6.63. The van der Waals surface area contributed by atoms with Crippen LogP contribution in [0.25, 0.3) is 11.3 Å². The molecule has 2 aromatic carbocycles. The Morgan fingerprint density at radius 2 is 1.68 bits per heavy atom. The van der Waals surface area contributed by atoms with E-state index in [1.54, 1.807) is 0 Å². The maximum absolute atomic E-state index is 13.0. The molecule has 7 heteroatoms. The molecule has 1 N–H and O–H groups in total. The van der Waals surface area contributed by atoms with Crippen LogP contribution in [0.2, 0.25) is 0 Å². The molecule has 0 saturated carbocycles. The van der Waals surface area contributed by atoms with Crippen LogP contribution in [0.4, 0.5) is 17.2 Å². The second-order valence-corrected chi connectivity index (χ2v) is 9.06. The number of piperidine rings is 1. The Hall–Kier alpha value is -3.45. The molecule has 34 heavy (non-hydrogen) atoms. The molecule has 0 bridgehead atoms. The normalized spacial score (nSPS) is 18.6. The standard InChI is InChI=1S/C27H31N5O2/c1-20-4-6-21(7-5-20)25-12-13-26(30-29-25)32-14-2-3-22(19-32)27(33)28-23-8-10-24(11-9-23)31-15-17-34-18-16-31/h4-13,22H,2-3,14-19H2,1H3,(H,28,33). The first kappa shape index (κ1) is 22.3. The van der Waals surface area contributed by atoms with Gasteiger partial charge in [0.05, 0.1) is 24.8 Å². The minimum absolute atomic E-state index is 0.0630. The number of rotatable bonds is 5. The number of benzene rings is 2. The molecule has 2 aliphatic heterocycles. The highest BCUT2D eigenvalue weighted by Gasteiger charge is 2.27. The van der Waals surface area contributed by atoms with E-state index in [1.165, 1.54) is 5.56 Å². The number of nitrogens with one attached hydrogen (secondary N) is 1. The van der Waals surface area contributed by atoms with E-state index in [0.717, 1.165) is 74.1 Å². The number of carbonyl (C=O) groups excluding carboxylic acids is 1. The summed E-state index contributed by atoms with van der Waals surface area (Å²) >= 11 is 0. The van der Waals surface area contributed by atoms with E-state index in [9.17, 15) is 4.79 Å². The number of aryl methyl sites for hydroxylation is 1. The fourth-order valence-corrected chi connectivity index (χ4v) is 4.59. The predicted octanol–water partition coefficient (Wildman–Crippen LogP) is 4.14. The van der Waals surface area contributed by atoms with Crippen LogP contribution in [0.15, 0.2) is 60.7 Å². The number of ether oxygens (including phenoxy) is 1. The fourth-order valence-electron chi connectivity index (χ4n) is 4.59. The summed E-state index contributed by atoms with van der Waals surface area (Å²) < 4.78 is 5.42. The first-order valence-electron chi connectivity index (χ1n) is 12.0. The maximum atomic E-state index is 13.0. The highest BCUT2D eigenvalue weighted by Crippen LogP contribution is 2.25. The van der Waals surface area contributed by atoms with Crippen LogP contribution in [-0.2, 0) is 9.53 Å². The van der Waals surface area contributed by atoms with Crippen LogP contribution in [0, 0.1) is 12.8 Å². The van der Waals surface area contributed by atoms with Crippen LogP contribution < -0.4 is 15.1 Å². The van der Waals surface area contributed by atoms with Gasteiger partial charge in [0.1, 0.15) is 0 Å². The third kappa shape index (κ3) is 5.20. The highest BCUT2D eigenvalue weighted by molar-refractivity contribution is 5.93. The molecule has 0 aliphatic carbocycles. The zero-order valence-electron chi connectivity index (χ0n) is 19.6. The van der Waals surface area contributed by atoms with E-state index < -0.39 is 0 Å². The summed E-state index contributed by atoms with van der Waals surface area (Å²) in [6, 6.07) is 20.4. The van der Waals surface area contributed by atoms with Crippen molar-refractivity contribution in [3.05, 3.63) is 66.2 Å². The summed E-state index contributed by atoms with van der Waals surface area (Å²) in [4.78, 5) is 17.5. The van der Waals surface area contributed by atoms with E-state index in [1.807, 2.05) is 24.3 Å². The van der Waals surface area contributed by atoms with Crippen molar-refractivity contribution in [2.45, 2.75) is 19.8 Å². The van der Waals surface area contributed by atoms with Crippen molar-refractivity contribution in [2.75, 3.05) is 54.5 Å². The lowest BCUT2D eigenvalue weighted by Crippen LogP contribution is -2.41. The molecular weight excluding hydrogens is 426 g/mol. The van der Waals surface area contributed by atoms with E-state index in [2.05, 4.69) is 68.6 Å². The summed E-state index contributed by atoms with van der Waals surface area (Å²) in [5.74, 6) is 0.808. The molecule has 0 spiro atoms. The first-order valence-corrected chi connectivity index (χ1v) is 12.0. The van der Waals surface area contributed by atoms with Crippen LogP contribution in [0.5, 0.6) is 0 Å². The third-order valence-corrected chi connectivity index (χ3v) is 6.63. The summed E-state index contributed by atoms with van der Waals surface area (Å²) in [5, 5.41) is 12.0. The zero-order valence-corrected chi connectivity index (χ0v) is 19.6. The van der Waals surface area contributed by atoms with Gasteiger partial charge in [-0.15, -0.1) is 10.2 Å². The monoisotopic (exact) mass is 457 g/mol. The van der Waals surface area contributed by atoms with Crippen LogP contribution in [-0.4, -0.2) is 55.5 Å². The fraction of sp³-hybridized carbons (Fsp3) is 0.370. The maximum Gasteiger partial charge on any atom is 0.229 e. The molecule has 2 saturated heterocycles. The summed E-state index contributed by atoms with van der Waals surface area (Å²) in [6.07, 6.45) is 1.83. The topological polar surface area (TPSA) is 70.6 Å². The molecule has 1 unspecified atom stereocenters. The van der Waals surface area contributed by atoms with Crippen molar-refractivity contribution in [2.24, 2.45) is 5.92 Å². The molecule has 1 atom stereocenters. The van der Waals surface area contributed by atoms with Crippen molar-refractivity contribution in [1.29, 1.82) is 0 Å². The number of aromatic nitrogens is 2. The van der Waals surface area contributed by atoms with Crippen molar-refractivity contribution in [1.82, 2.24) is 10.2 Å². The van der Waals surface area contributed by atoms with Crippen molar-refractivity contribution in [3.8, 4) is 11.3 Å². The number of anilines is 3. The molecule has 0 radical (unpaired) electrons. The smallest absolute Gasteiger partial charge is 0.229 e. The summed E-state index contributed by atoms with van der Waals surface area (Å²) in [6.45, 7) is 6.93. The quantitative estimate of drug-likeness (QED) is 0.621. The Morgan fingerprint density at radius 1 is 0.912 bits per heavy atom. The van der Waals surface area contributed by atoms with E-state index >= 15 is 0 Å². The van der Waals surface area contributed by atoms with Crippen LogP contribution in [0.3, 0.4) is 0 Å². The minimum atomic E-state index is -0.0776. The Kier molecular flexibility index (Phi) is 6.72. The van der Waals surface area contributed by atoms with Gasteiger partial charge in [-0.1, -0.05) is 29.8 Å². The van der Waals surface area contributed by atoms with E-state index in [0.29, 0.717) is 6.54 Å². The predicted molar refractivity (Wildman–Crippen MR) is 135 cm³/mol. The molecule has 1 amide bonds. The van der Waals surface area contributed by atoms with Crippen LogP contribution >= 0.6 is 0 Å². The molecular formula is C27H31N5O2. The minimum Gasteiger partial charge on any atom is -0.378 e. The van der Waals surface area contributed by atoms with Gasteiger partial charge in [-0.25, -0.2) is 0 Å². The van der Waals surface area contributed by atoms with Gasteiger partial charge < -0.3 is 19.9 Å². The average Bonchev–Trinajstić information content (AvgIpc) is 2.90. The largest absolute Gasteiger partial charge is 0.378 e. The van der Waals surface area contributed by atoms with E-state index in [-0.39, 0.29) is 11.8 Å². The highest BCUT2D eigenvalue weighted by atomic mass is 16.5. The Morgan fingerprint density at radius 3 is 2.38 bits per heavy atom. The van der Waals surface area contributed by atoms with Gasteiger partial charge in [-0.05, 0) is 56.2 Å². The SMILES string of the molecule is Cc1ccc(-c2ccc(N3CCCC(C(=O)Nc4ccc(N5CCOCC5)cc4)C3)nn2)cc1. The molecule has 5 rings (SSSR count). The molecule has 1 aromatic heterocycles. The lowest BCUT2D eigenvalue weighted by atomic mass is 9.97. The molecule has 2 fully saturated rings. The zero-order chi connectivity index (χ0) is 23.3. The van der Waals surface area contributed by atoms with Gasteiger partial charge in [0, 0.05) is 43.1 Å². The lowest BCUT2D eigenvalue weighted by Gasteiger charge is -2.32. The lowest BCUT2D eigenvalue weighted by molar-refractivity contribution is -0.120. The van der Waals surface area contributed by atoms with Crippen molar-refractivity contribution >= 4 is 23.1 Å². The molecule has 3 aromatic rings. The Labute approximate surface area is 200 Å². The van der Waals surface area contributed by atoms with Crippen molar-refractivity contribution < 1.29 is 9.53 Å². The van der Waals surface area contributed by atoms with Crippen molar-refractivity contribution in [3.63, 3.8) is 0 Å². The summed E-state index contributed by atoms with van der Waals surface area (Å²) in [7, 11) is 0. The Balaban J connectivity index is 1.19. The second-order valence-electron chi connectivity index (χ2n) is 9.06. The Bertz CT molecular complexity index is 1090. The van der Waals surface area contributed by atoms with Gasteiger partial charge >= 0.3 is 0 Å². The number of hydrogen-bond donors (Lipinski definition) is 1. The average molecular weight is 458 g/mol. The number of amides is 1. The number of carbonyl (C=O) groups is 1. The van der Waals surface area contributed by atoms with Gasteiger partial charge in [0.2, 0.25) is 5.91 Å². The van der Waals surface area contributed by atoms with Gasteiger partial charge in [0.25, 0.3) is 0 Å². The van der Waals surface area contributed by atoms with Crippen LogP contribution in [0.1, 0.15) is 18.4 Å². The summed E-state index contributed by atoms with van der Waals surface area (Å²) in [5.41, 5.74) is 5.13. The first-order chi connectivity index (χ1) is 16.7.